The maximum Gasteiger partial charge on any atom is 0.326 e. The molecule has 10 heteroatoms. The lowest BCUT2D eigenvalue weighted by atomic mass is 10.0. The molecular formula is C25H28N4O6. The second kappa shape index (κ2) is 11.8. The summed E-state index contributed by atoms with van der Waals surface area (Å²) in [6.07, 6.45) is 1.40. The molecule has 35 heavy (non-hydrogen) atoms. The minimum atomic E-state index is -1.41. The molecule has 10 nitrogen and oxygen atoms in total. The summed E-state index contributed by atoms with van der Waals surface area (Å²) in [6, 6.07) is 13.0. The van der Waals surface area contributed by atoms with Crippen LogP contribution in [0.4, 0.5) is 0 Å². The van der Waals surface area contributed by atoms with Crippen LogP contribution in [0.25, 0.3) is 10.9 Å². The van der Waals surface area contributed by atoms with Crippen LogP contribution in [0, 0.1) is 0 Å². The molecule has 0 aliphatic rings. The van der Waals surface area contributed by atoms with Crippen LogP contribution in [0.3, 0.4) is 0 Å². The molecule has 3 atom stereocenters. The average Bonchev–Trinajstić information content (AvgIpc) is 3.24. The first-order chi connectivity index (χ1) is 16.7. The largest absolute Gasteiger partial charge is 0.481 e. The molecule has 0 aliphatic heterocycles. The van der Waals surface area contributed by atoms with E-state index in [1.54, 1.807) is 36.5 Å². The van der Waals surface area contributed by atoms with Gasteiger partial charge in [-0.15, -0.1) is 0 Å². The van der Waals surface area contributed by atoms with Gasteiger partial charge in [0.15, 0.2) is 0 Å². The molecule has 0 spiro atoms. The van der Waals surface area contributed by atoms with Crippen LogP contribution in [0.1, 0.15) is 24.0 Å². The van der Waals surface area contributed by atoms with Gasteiger partial charge in [0.1, 0.15) is 12.1 Å². The minimum Gasteiger partial charge on any atom is -0.481 e. The molecule has 0 saturated carbocycles. The van der Waals surface area contributed by atoms with Crippen LogP contribution in [0.15, 0.2) is 60.8 Å². The second-order valence-electron chi connectivity index (χ2n) is 8.25. The summed E-state index contributed by atoms with van der Waals surface area (Å²) < 4.78 is 0. The van der Waals surface area contributed by atoms with Gasteiger partial charge >= 0.3 is 11.9 Å². The van der Waals surface area contributed by atoms with Crippen LogP contribution in [0.2, 0.25) is 0 Å². The van der Waals surface area contributed by atoms with Crippen molar-refractivity contribution in [3.63, 3.8) is 0 Å². The zero-order valence-corrected chi connectivity index (χ0v) is 18.9. The second-order valence-corrected chi connectivity index (χ2v) is 8.25. The highest BCUT2D eigenvalue weighted by molar-refractivity contribution is 5.92. The maximum absolute atomic E-state index is 13.0. The lowest BCUT2D eigenvalue weighted by Gasteiger charge is -2.23. The monoisotopic (exact) mass is 480 g/mol. The van der Waals surface area contributed by atoms with E-state index in [2.05, 4.69) is 15.6 Å². The predicted molar refractivity (Wildman–Crippen MR) is 128 cm³/mol. The van der Waals surface area contributed by atoms with Crippen LogP contribution in [-0.2, 0) is 32.0 Å². The van der Waals surface area contributed by atoms with Gasteiger partial charge in [0, 0.05) is 29.9 Å². The normalized spacial score (nSPS) is 13.5. The molecule has 3 aromatic rings. The van der Waals surface area contributed by atoms with Gasteiger partial charge in [-0.05, 0) is 30.0 Å². The highest BCUT2D eigenvalue weighted by Gasteiger charge is 2.28. The Kier molecular flexibility index (Phi) is 8.58. The molecule has 0 radical (unpaired) electrons. The molecular weight excluding hydrogens is 452 g/mol. The summed E-state index contributed by atoms with van der Waals surface area (Å²) in [5.74, 6) is -3.84. The van der Waals surface area contributed by atoms with Gasteiger partial charge in [0.2, 0.25) is 11.8 Å². The molecule has 0 bridgehead atoms. The van der Waals surface area contributed by atoms with Crippen molar-refractivity contribution in [1.29, 1.82) is 0 Å². The number of amides is 2. The maximum atomic E-state index is 13.0. The topological polar surface area (TPSA) is 175 Å². The van der Waals surface area contributed by atoms with Gasteiger partial charge < -0.3 is 31.6 Å². The number of carboxylic acids is 2. The average molecular weight is 481 g/mol. The van der Waals surface area contributed by atoms with Crippen molar-refractivity contribution in [1.82, 2.24) is 15.6 Å². The number of carbonyl (C=O) groups excluding carboxylic acids is 2. The summed E-state index contributed by atoms with van der Waals surface area (Å²) in [4.78, 5) is 51.4. The Hall–Kier alpha value is -4.18. The van der Waals surface area contributed by atoms with Gasteiger partial charge in [0.25, 0.3) is 0 Å². The number of aliphatic carboxylic acids is 2. The number of hydrogen-bond acceptors (Lipinski definition) is 5. The number of benzene rings is 2. The number of aromatic amines is 1. The van der Waals surface area contributed by atoms with Crippen molar-refractivity contribution >= 4 is 34.7 Å². The number of nitrogens with two attached hydrogens (primary N) is 1. The Labute approximate surface area is 201 Å². The van der Waals surface area contributed by atoms with Crippen LogP contribution in [-0.4, -0.2) is 57.1 Å². The number of carboxylic acid groups (broad SMARTS) is 2. The third-order valence-electron chi connectivity index (χ3n) is 5.63. The molecule has 0 saturated heterocycles. The lowest BCUT2D eigenvalue weighted by molar-refractivity contribution is -0.143. The SMILES string of the molecule is N[C@@H](Cc1c[nH]c2ccccc12)C(=O)N[C@@H](Cc1ccccc1)C(=O)N[C@@H](CCC(=O)O)C(=O)O. The van der Waals surface area contributed by atoms with Crippen molar-refractivity contribution in [2.24, 2.45) is 5.73 Å². The van der Waals surface area contributed by atoms with Crippen molar-refractivity contribution in [3.05, 3.63) is 71.9 Å². The van der Waals surface area contributed by atoms with E-state index in [1.807, 2.05) is 24.3 Å². The first-order valence-electron chi connectivity index (χ1n) is 11.1. The fourth-order valence-electron chi connectivity index (χ4n) is 3.77. The predicted octanol–water partition coefficient (Wildman–Crippen LogP) is 1.20. The molecule has 0 aliphatic carbocycles. The van der Waals surface area contributed by atoms with Crippen molar-refractivity contribution in [2.75, 3.05) is 0 Å². The number of rotatable bonds is 12. The molecule has 184 valence electrons. The van der Waals surface area contributed by atoms with E-state index in [4.69, 9.17) is 10.8 Å². The number of hydrogen-bond donors (Lipinski definition) is 6. The number of fused-ring (bicyclic) bond motifs is 1. The fourth-order valence-corrected chi connectivity index (χ4v) is 3.77. The summed E-state index contributed by atoms with van der Waals surface area (Å²) in [7, 11) is 0. The Morgan fingerprint density at radius 2 is 1.51 bits per heavy atom. The summed E-state index contributed by atoms with van der Waals surface area (Å²) in [5.41, 5.74) is 8.67. The van der Waals surface area contributed by atoms with Crippen molar-refractivity contribution in [3.8, 4) is 0 Å². The van der Waals surface area contributed by atoms with E-state index in [0.29, 0.717) is 0 Å². The fraction of sp³-hybridized carbons (Fsp3) is 0.280. The van der Waals surface area contributed by atoms with Crippen LogP contribution in [0.5, 0.6) is 0 Å². The number of aromatic nitrogens is 1. The Bertz CT molecular complexity index is 1190. The first-order valence-corrected chi connectivity index (χ1v) is 11.1. The van der Waals surface area contributed by atoms with E-state index < -0.39 is 48.3 Å². The molecule has 0 unspecified atom stereocenters. The van der Waals surface area contributed by atoms with E-state index in [1.165, 1.54) is 0 Å². The number of carbonyl (C=O) groups is 4. The van der Waals surface area contributed by atoms with Gasteiger partial charge in [-0.1, -0.05) is 48.5 Å². The van der Waals surface area contributed by atoms with Crippen molar-refractivity contribution < 1.29 is 29.4 Å². The molecule has 0 fully saturated rings. The molecule has 3 rings (SSSR count). The minimum absolute atomic E-state index is 0.101. The molecule has 1 heterocycles. The first kappa shape index (κ1) is 25.4. The van der Waals surface area contributed by atoms with E-state index in [-0.39, 0.29) is 19.3 Å². The zero-order chi connectivity index (χ0) is 25.4. The molecule has 2 aromatic carbocycles. The summed E-state index contributed by atoms with van der Waals surface area (Å²) in [5, 5.41) is 24.2. The van der Waals surface area contributed by atoms with E-state index in [0.717, 1.165) is 22.0 Å². The Morgan fingerprint density at radius 1 is 0.857 bits per heavy atom. The quantitative estimate of drug-likeness (QED) is 0.226. The third kappa shape index (κ3) is 7.15. The Morgan fingerprint density at radius 3 is 2.20 bits per heavy atom. The highest BCUT2D eigenvalue weighted by atomic mass is 16.4. The zero-order valence-electron chi connectivity index (χ0n) is 18.9. The van der Waals surface area contributed by atoms with Gasteiger partial charge in [-0.3, -0.25) is 14.4 Å². The lowest BCUT2D eigenvalue weighted by Crippen LogP contribution is -2.55. The van der Waals surface area contributed by atoms with E-state index >= 15 is 0 Å². The number of para-hydroxylation sites is 1. The molecule has 7 N–H and O–H groups in total. The highest BCUT2D eigenvalue weighted by Crippen LogP contribution is 2.19. The van der Waals surface area contributed by atoms with Crippen LogP contribution < -0.4 is 16.4 Å². The standard InChI is InChI=1S/C25H28N4O6/c26-18(13-16-14-27-19-9-5-4-8-17(16)19)23(32)29-21(12-15-6-2-1-3-7-15)24(33)28-20(25(34)35)10-11-22(30)31/h1-9,14,18,20-21,27H,10-13,26H2,(H,28,33)(H,29,32)(H,30,31)(H,34,35)/t18-,20-,21-/m0/s1. The van der Waals surface area contributed by atoms with Crippen molar-refractivity contribution in [2.45, 2.75) is 43.8 Å². The summed E-state index contributed by atoms with van der Waals surface area (Å²) >= 11 is 0. The Balaban J connectivity index is 1.72. The van der Waals surface area contributed by atoms with Crippen LogP contribution >= 0.6 is 0 Å². The third-order valence-corrected chi connectivity index (χ3v) is 5.63. The molecule has 2 amide bonds. The smallest absolute Gasteiger partial charge is 0.326 e. The summed E-state index contributed by atoms with van der Waals surface area (Å²) in [6.45, 7) is 0. The van der Waals surface area contributed by atoms with Gasteiger partial charge in [-0.25, -0.2) is 4.79 Å². The van der Waals surface area contributed by atoms with Gasteiger partial charge in [0.05, 0.1) is 6.04 Å². The number of nitrogens with one attached hydrogen (secondary N) is 3. The van der Waals surface area contributed by atoms with E-state index in [9.17, 15) is 24.3 Å². The van der Waals surface area contributed by atoms with Gasteiger partial charge in [-0.2, -0.15) is 0 Å². The number of H-pyrrole nitrogens is 1. The molecule has 1 aromatic heterocycles.